The maximum atomic E-state index is 12.3. The van der Waals surface area contributed by atoms with Crippen molar-refractivity contribution in [2.75, 3.05) is 26.2 Å². The van der Waals surface area contributed by atoms with E-state index in [1.54, 1.807) is 24.4 Å². The molecule has 0 saturated carbocycles. The summed E-state index contributed by atoms with van der Waals surface area (Å²) in [5.74, 6) is 0.0684. The van der Waals surface area contributed by atoms with E-state index in [4.69, 9.17) is 16.3 Å². The third-order valence-corrected chi connectivity index (χ3v) is 5.37. The van der Waals surface area contributed by atoms with Crippen LogP contribution in [0.4, 0.5) is 0 Å². The number of nitrogens with zero attached hydrogens (tertiary/aromatic N) is 3. The van der Waals surface area contributed by atoms with Crippen LogP contribution in [0.3, 0.4) is 0 Å². The van der Waals surface area contributed by atoms with Crippen LogP contribution in [0.5, 0.6) is 0 Å². The van der Waals surface area contributed by atoms with E-state index < -0.39 is 0 Å². The van der Waals surface area contributed by atoms with E-state index in [1.165, 1.54) is 4.40 Å². The summed E-state index contributed by atoms with van der Waals surface area (Å²) < 4.78 is 7.45. The van der Waals surface area contributed by atoms with Gasteiger partial charge in [-0.2, -0.15) is 0 Å². The third kappa shape index (κ3) is 3.60. The van der Waals surface area contributed by atoms with Gasteiger partial charge in [-0.05, 0) is 25.0 Å². The van der Waals surface area contributed by atoms with E-state index in [1.807, 2.05) is 0 Å². The van der Waals surface area contributed by atoms with Crippen LogP contribution in [0.25, 0.3) is 5.65 Å². The summed E-state index contributed by atoms with van der Waals surface area (Å²) in [6, 6.07) is 5.03. The molecule has 26 heavy (non-hydrogen) atoms. The van der Waals surface area contributed by atoms with Gasteiger partial charge >= 0.3 is 0 Å². The van der Waals surface area contributed by atoms with E-state index in [-0.39, 0.29) is 17.1 Å². The number of nitrogens with one attached hydrogen (secondary N) is 1. The molecule has 1 spiro atoms. The van der Waals surface area contributed by atoms with E-state index >= 15 is 0 Å². The number of carbonyl (C=O) groups is 1. The van der Waals surface area contributed by atoms with Crippen molar-refractivity contribution in [2.24, 2.45) is 0 Å². The fourth-order valence-corrected chi connectivity index (χ4v) is 3.90. The second kappa shape index (κ2) is 6.98. The normalized spacial score (nSPS) is 20.9. The van der Waals surface area contributed by atoms with Gasteiger partial charge in [-0.3, -0.25) is 18.9 Å². The van der Waals surface area contributed by atoms with Crippen LogP contribution in [0.15, 0.2) is 29.2 Å². The number of piperidine rings is 1. The van der Waals surface area contributed by atoms with Gasteiger partial charge in [0.2, 0.25) is 5.91 Å². The van der Waals surface area contributed by atoms with Crippen LogP contribution < -0.4 is 10.9 Å². The first-order valence-corrected chi connectivity index (χ1v) is 9.22. The number of pyridine rings is 1. The highest BCUT2D eigenvalue weighted by molar-refractivity contribution is 6.30. The smallest absolute Gasteiger partial charge is 0.258 e. The van der Waals surface area contributed by atoms with Crippen molar-refractivity contribution in [2.45, 2.75) is 31.4 Å². The molecule has 2 aliphatic rings. The van der Waals surface area contributed by atoms with Crippen molar-refractivity contribution in [3.8, 4) is 0 Å². The number of hydrogen-bond acceptors (Lipinski definition) is 5. The summed E-state index contributed by atoms with van der Waals surface area (Å²) in [5, 5.41) is 3.36. The molecule has 8 heteroatoms. The Labute approximate surface area is 155 Å². The van der Waals surface area contributed by atoms with Crippen LogP contribution in [0, 0.1) is 0 Å². The quantitative estimate of drug-likeness (QED) is 0.852. The van der Waals surface area contributed by atoms with Crippen LogP contribution in [-0.2, 0) is 16.1 Å². The summed E-state index contributed by atoms with van der Waals surface area (Å²) >= 11 is 5.94. The molecule has 4 rings (SSSR count). The van der Waals surface area contributed by atoms with Gasteiger partial charge in [0.25, 0.3) is 5.56 Å². The lowest BCUT2D eigenvalue weighted by Crippen LogP contribution is -2.47. The van der Waals surface area contributed by atoms with Crippen molar-refractivity contribution in [3.05, 3.63) is 45.5 Å². The van der Waals surface area contributed by atoms with E-state index in [9.17, 15) is 9.59 Å². The molecule has 0 bridgehead atoms. The lowest BCUT2D eigenvalue weighted by molar-refractivity contribution is -0.128. The number of hydrogen-bond donors (Lipinski definition) is 1. The molecule has 1 N–H and O–H groups in total. The Hall–Kier alpha value is -1.96. The van der Waals surface area contributed by atoms with Crippen LogP contribution >= 0.6 is 11.6 Å². The first-order valence-electron chi connectivity index (χ1n) is 8.84. The molecule has 4 heterocycles. The third-order valence-electron chi connectivity index (χ3n) is 5.14. The Bertz CT molecular complexity index is 890. The van der Waals surface area contributed by atoms with Crippen molar-refractivity contribution in [1.29, 1.82) is 0 Å². The fraction of sp³-hybridized carbons (Fsp3) is 0.500. The molecule has 2 aromatic rings. The number of amides is 1. The maximum Gasteiger partial charge on any atom is 0.258 e. The highest BCUT2D eigenvalue weighted by atomic mass is 35.5. The van der Waals surface area contributed by atoms with Crippen LogP contribution in [-0.4, -0.2) is 52.0 Å². The van der Waals surface area contributed by atoms with Gasteiger partial charge in [-0.15, -0.1) is 0 Å². The zero-order chi connectivity index (χ0) is 18.1. The molecule has 1 amide bonds. The lowest BCUT2D eigenvalue weighted by Gasteiger charge is -2.40. The van der Waals surface area contributed by atoms with Crippen molar-refractivity contribution in [1.82, 2.24) is 19.6 Å². The summed E-state index contributed by atoms with van der Waals surface area (Å²) in [7, 11) is 0. The minimum absolute atomic E-state index is 0.0684. The molecule has 2 aliphatic heterocycles. The Kier molecular flexibility index (Phi) is 4.69. The largest absolute Gasteiger partial charge is 0.373 e. The van der Waals surface area contributed by atoms with Gasteiger partial charge in [0.15, 0.2) is 0 Å². The summed E-state index contributed by atoms with van der Waals surface area (Å²) in [4.78, 5) is 31.0. The van der Waals surface area contributed by atoms with Crippen LogP contribution in [0.2, 0.25) is 5.02 Å². The van der Waals surface area contributed by atoms with E-state index in [0.717, 1.165) is 31.6 Å². The van der Waals surface area contributed by atoms with Gasteiger partial charge < -0.3 is 10.1 Å². The molecule has 0 unspecified atom stereocenters. The molecule has 2 fully saturated rings. The number of aromatic nitrogens is 2. The number of fused-ring (bicyclic) bond motifs is 1. The molecule has 138 valence electrons. The average Bonchev–Trinajstić information content (AvgIpc) is 2.79. The number of carbonyl (C=O) groups excluding carboxylic acids is 1. The number of halogens is 1. The summed E-state index contributed by atoms with van der Waals surface area (Å²) in [6.45, 7) is 3.39. The van der Waals surface area contributed by atoms with Crippen molar-refractivity contribution in [3.63, 3.8) is 0 Å². The SMILES string of the molecule is O=C1CC2(CCN(Cc3cc(=O)n4cc(Cl)ccc4n3)CC2)OCCN1. The standard InChI is InChI=1S/C18H21ClN4O3/c19-13-1-2-15-21-14(9-17(25)23(15)11-13)12-22-6-3-18(4-7-22)10-16(24)20-5-8-26-18/h1-2,9,11H,3-8,10,12H2,(H,20,24). The average molecular weight is 377 g/mol. The van der Waals surface area contributed by atoms with Gasteiger partial charge in [-0.25, -0.2) is 4.98 Å². The van der Waals surface area contributed by atoms with Gasteiger partial charge in [0, 0.05) is 38.4 Å². The second-order valence-corrected chi connectivity index (χ2v) is 7.43. The Balaban J connectivity index is 1.46. The highest BCUT2D eigenvalue weighted by Gasteiger charge is 2.38. The number of ether oxygens (including phenoxy) is 1. The zero-order valence-corrected chi connectivity index (χ0v) is 15.2. The predicted octanol–water partition coefficient (Wildman–Crippen LogP) is 1.22. The molecular weight excluding hydrogens is 356 g/mol. The van der Waals surface area contributed by atoms with E-state index in [2.05, 4.69) is 15.2 Å². The second-order valence-electron chi connectivity index (χ2n) is 7.00. The van der Waals surface area contributed by atoms with E-state index in [0.29, 0.717) is 36.8 Å². The lowest BCUT2D eigenvalue weighted by atomic mass is 9.87. The summed E-state index contributed by atoms with van der Waals surface area (Å²) in [5.41, 5.74) is 0.858. The highest BCUT2D eigenvalue weighted by Crippen LogP contribution is 2.31. The Morgan fingerprint density at radius 3 is 2.88 bits per heavy atom. The predicted molar refractivity (Wildman–Crippen MR) is 97.3 cm³/mol. The molecule has 0 atom stereocenters. The van der Waals surface area contributed by atoms with Gasteiger partial charge in [0.1, 0.15) is 5.65 Å². The molecule has 0 radical (unpaired) electrons. The minimum Gasteiger partial charge on any atom is -0.373 e. The maximum absolute atomic E-state index is 12.3. The van der Waals surface area contributed by atoms with Gasteiger partial charge in [-0.1, -0.05) is 11.6 Å². The Morgan fingerprint density at radius 2 is 2.08 bits per heavy atom. The molecule has 0 aromatic carbocycles. The monoisotopic (exact) mass is 376 g/mol. The Morgan fingerprint density at radius 1 is 1.27 bits per heavy atom. The van der Waals surface area contributed by atoms with Crippen molar-refractivity contribution >= 4 is 23.2 Å². The number of likely N-dealkylation sites (tertiary alicyclic amines) is 1. The van der Waals surface area contributed by atoms with Crippen molar-refractivity contribution < 1.29 is 9.53 Å². The van der Waals surface area contributed by atoms with Gasteiger partial charge in [0.05, 0.1) is 29.3 Å². The molecule has 0 aliphatic carbocycles. The molecular formula is C18H21ClN4O3. The first-order chi connectivity index (χ1) is 12.5. The van der Waals surface area contributed by atoms with Crippen LogP contribution in [0.1, 0.15) is 25.0 Å². The zero-order valence-electron chi connectivity index (χ0n) is 14.4. The molecule has 2 aromatic heterocycles. The first kappa shape index (κ1) is 17.5. The molecule has 7 nitrogen and oxygen atoms in total. The number of rotatable bonds is 2. The minimum atomic E-state index is -0.343. The topological polar surface area (TPSA) is 75.9 Å². The molecule has 2 saturated heterocycles. The fourth-order valence-electron chi connectivity index (χ4n) is 3.74. The summed E-state index contributed by atoms with van der Waals surface area (Å²) in [6.07, 6.45) is 3.62.